The van der Waals surface area contributed by atoms with Crippen molar-refractivity contribution in [3.05, 3.63) is 0 Å². The molecule has 12 heavy (non-hydrogen) atoms. The lowest BCUT2D eigenvalue weighted by Crippen LogP contribution is -2.44. The normalized spacial score (nSPS) is 56.2. The Morgan fingerprint density at radius 2 is 1.33 bits per heavy atom. The zero-order valence-corrected chi connectivity index (χ0v) is 8.97. The fraction of sp³-hybridized carbons (Fsp3) is 1.00. The van der Waals surface area contributed by atoms with E-state index < -0.39 is 0 Å². The Morgan fingerprint density at radius 3 is 1.67 bits per heavy atom. The SMILES string of the molecule is C[Si]C12CC3CC(CC(C3)C1)C2. The van der Waals surface area contributed by atoms with Crippen LogP contribution in [-0.2, 0) is 0 Å². The highest BCUT2D eigenvalue weighted by molar-refractivity contribution is 6.38. The predicted molar refractivity (Wildman–Crippen MR) is 52.5 cm³/mol. The summed E-state index contributed by atoms with van der Waals surface area (Å²) in [6.45, 7) is 2.45. The summed E-state index contributed by atoms with van der Waals surface area (Å²) in [5.74, 6) is 3.47. The minimum absolute atomic E-state index is 0.870. The highest BCUT2D eigenvalue weighted by Crippen LogP contribution is 2.63. The molecule has 4 fully saturated rings. The molecule has 0 aromatic heterocycles. The minimum Gasteiger partial charge on any atom is -0.0728 e. The first-order chi connectivity index (χ1) is 5.80. The van der Waals surface area contributed by atoms with E-state index in [1.807, 2.05) is 0 Å². The van der Waals surface area contributed by atoms with Crippen LogP contribution in [0.25, 0.3) is 0 Å². The summed E-state index contributed by atoms with van der Waals surface area (Å²) in [6, 6.07) is 0. The molecule has 0 N–H and O–H groups in total. The zero-order valence-electron chi connectivity index (χ0n) is 7.97. The van der Waals surface area contributed by atoms with E-state index in [9.17, 15) is 0 Å². The molecule has 4 rings (SSSR count). The van der Waals surface area contributed by atoms with Crippen LogP contribution in [-0.4, -0.2) is 9.52 Å². The van der Waals surface area contributed by atoms with Crippen LogP contribution in [0.5, 0.6) is 0 Å². The molecule has 4 saturated carbocycles. The molecule has 4 aliphatic carbocycles. The maximum atomic E-state index is 2.45. The van der Waals surface area contributed by atoms with Crippen molar-refractivity contribution >= 4 is 9.52 Å². The maximum absolute atomic E-state index is 2.45. The van der Waals surface area contributed by atoms with Gasteiger partial charge in [0, 0.05) is 9.52 Å². The average molecular weight is 178 g/mol. The molecular formula is C11H18Si. The maximum Gasteiger partial charge on any atom is 0.0421 e. The summed E-state index contributed by atoms with van der Waals surface area (Å²) in [7, 11) is 1.23. The van der Waals surface area contributed by atoms with Crippen LogP contribution >= 0.6 is 0 Å². The van der Waals surface area contributed by atoms with Crippen molar-refractivity contribution in [3.8, 4) is 0 Å². The van der Waals surface area contributed by atoms with Crippen LogP contribution < -0.4 is 0 Å². The molecule has 0 aromatic carbocycles. The topological polar surface area (TPSA) is 0 Å². The van der Waals surface area contributed by atoms with Gasteiger partial charge in [-0.2, -0.15) is 0 Å². The van der Waals surface area contributed by atoms with Gasteiger partial charge in [0.2, 0.25) is 0 Å². The number of hydrogen-bond acceptors (Lipinski definition) is 0. The van der Waals surface area contributed by atoms with Crippen LogP contribution in [0, 0.1) is 17.8 Å². The van der Waals surface area contributed by atoms with Crippen molar-refractivity contribution in [3.63, 3.8) is 0 Å². The van der Waals surface area contributed by atoms with E-state index in [0.717, 1.165) is 22.8 Å². The Kier molecular flexibility index (Phi) is 1.50. The molecule has 1 heteroatoms. The molecule has 0 aromatic rings. The highest BCUT2D eigenvalue weighted by atomic mass is 28.2. The van der Waals surface area contributed by atoms with Crippen LogP contribution in [0.15, 0.2) is 0 Å². The van der Waals surface area contributed by atoms with E-state index in [2.05, 4.69) is 6.55 Å². The Morgan fingerprint density at radius 1 is 0.917 bits per heavy atom. The van der Waals surface area contributed by atoms with Gasteiger partial charge in [-0.1, -0.05) is 6.55 Å². The highest BCUT2D eigenvalue weighted by Gasteiger charge is 2.49. The Balaban J connectivity index is 1.90. The molecule has 0 heterocycles. The van der Waals surface area contributed by atoms with Crippen molar-refractivity contribution in [2.75, 3.05) is 0 Å². The van der Waals surface area contributed by atoms with Gasteiger partial charge in [0.15, 0.2) is 0 Å². The van der Waals surface area contributed by atoms with Crippen molar-refractivity contribution in [1.29, 1.82) is 0 Å². The molecule has 4 aliphatic rings. The number of rotatable bonds is 1. The van der Waals surface area contributed by atoms with Gasteiger partial charge in [0.1, 0.15) is 0 Å². The lowest BCUT2D eigenvalue weighted by atomic mass is 9.56. The van der Waals surface area contributed by atoms with E-state index >= 15 is 0 Å². The molecule has 66 valence electrons. The zero-order chi connectivity index (χ0) is 8.18. The van der Waals surface area contributed by atoms with Crippen LogP contribution in [0.3, 0.4) is 0 Å². The summed E-state index contributed by atoms with van der Waals surface area (Å²) in [4.78, 5) is 0. The van der Waals surface area contributed by atoms with Crippen molar-refractivity contribution in [2.24, 2.45) is 17.8 Å². The van der Waals surface area contributed by atoms with Crippen molar-refractivity contribution in [2.45, 2.75) is 50.1 Å². The molecule has 0 spiro atoms. The summed E-state index contributed by atoms with van der Waals surface area (Å²) in [5, 5.41) is 0.870. The average Bonchev–Trinajstić information content (AvgIpc) is 2.02. The molecule has 0 atom stereocenters. The van der Waals surface area contributed by atoms with Gasteiger partial charge < -0.3 is 0 Å². The first kappa shape index (κ1) is 7.60. The second kappa shape index (κ2) is 2.37. The van der Waals surface area contributed by atoms with E-state index in [1.165, 1.54) is 9.52 Å². The smallest absolute Gasteiger partial charge is 0.0421 e. The second-order valence-corrected chi connectivity index (χ2v) is 7.01. The molecule has 0 unspecified atom stereocenters. The Bertz CT molecular complexity index is 162. The minimum atomic E-state index is 0.870. The summed E-state index contributed by atoms with van der Waals surface area (Å²) < 4.78 is 0. The van der Waals surface area contributed by atoms with Gasteiger partial charge in [-0.3, -0.25) is 0 Å². The second-order valence-electron chi connectivity index (χ2n) is 5.45. The third kappa shape index (κ3) is 0.951. The van der Waals surface area contributed by atoms with Crippen LogP contribution in [0.2, 0.25) is 11.6 Å². The summed E-state index contributed by atoms with van der Waals surface area (Å²) >= 11 is 0. The standard InChI is InChI=1S/C11H18Si/c1-12-11-5-8-2-9(6-11)4-10(3-8)7-11/h8-10H,2-7H2,1H3. The van der Waals surface area contributed by atoms with Gasteiger partial charge >= 0.3 is 0 Å². The quantitative estimate of drug-likeness (QED) is 0.541. The molecule has 0 amide bonds. The molecule has 2 radical (unpaired) electrons. The van der Waals surface area contributed by atoms with Crippen molar-refractivity contribution < 1.29 is 0 Å². The Labute approximate surface area is 77.9 Å². The fourth-order valence-electron chi connectivity index (χ4n) is 4.42. The monoisotopic (exact) mass is 178 g/mol. The first-order valence-electron chi connectivity index (χ1n) is 5.48. The lowest BCUT2D eigenvalue weighted by Gasteiger charge is -2.56. The van der Waals surface area contributed by atoms with Crippen LogP contribution in [0.1, 0.15) is 38.5 Å². The van der Waals surface area contributed by atoms with Crippen molar-refractivity contribution in [1.82, 2.24) is 0 Å². The van der Waals surface area contributed by atoms with Gasteiger partial charge in [0.05, 0.1) is 0 Å². The molecule has 0 saturated heterocycles. The van der Waals surface area contributed by atoms with Gasteiger partial charge in [0.25, 0.3) is 0 Å². The molecule has 4 bridgehead atoms. The molecular weight excluding hydrogens is 160 g/mol. The summed E-state index contributed by atoms with van der Waals surface area (Å²) in [5.41, 5.74) is 0. The van der Waals surface area contributed by atoms with E-state index in [-0.39, 0.29) is 0 Å². The van der Waals surface area contributed by atoms with Crippen LogP contribution in [0.4, 0.5) is 0 Å². The number of hydrogen-bond donors (Lipinski definition) is 0. The third-order valence-electron chi connectivity index (χ3n) is 4.57. The Hall–Kier alpha value is 0.217. The van der Waals surface area contributed by atoms with E-state index in [0.29, 0.717) is 0 Å². The van der Waals surface area contributed by atoms with E-state index in [1.54, 1.807) is 38.5 Å². The third-order valence-corrected chi connectivity index (χ3v) is 6.24. The summed E-state index contributed by atoms with van der Waals surface area (Å²) in [6.07, 6.45) is 9.62. The van der Waals surface area contributed by atoms with E-state index in [4.69, 9.17) is 0 Å². The fourth-order valence-corrected chi connectivity index (χ4v) is 5.90. The molecule has 0 aliphatic heterocycles. The largest absolute Gasteiger partial charge is 0.0728 e. The lowest BCUT2D eigenvalue weighted by molar-refractivity contribution is 0.0288. The first-order valence-corrected chi connectivity index (χ1v) is 6.98. The van der Waals surface area contributed by atoms with Gasteiger partial charge in [-0.15, -0.1) is 0 Å². The van der Waals surface area contributed by atoms with Gasteiger partial charge in [-0.25, -0.2) is 0 Å². The molecule has 0 nitrogen and oxygen atoms in total. The van der Waals surface area contributed by atoms with Gasteiger partial charge in [-0.05, 0) is 61.3 Å². The predicted octanol–water partition coefficient (Wildman–Crippen LogP) is 3.13.